The molecule has 2 N–H and O–H groups in total. The van der Waals surface area contributed by atoms with Crippen LogP contribution >= 0.6 is 11.3 Å². The molecule has 9 heteroatoms. The summed E-state index contributed by atoms with van der Waals surface area (Å²) in [6, 6.07) is 27.8. The molecule has 0 saturated heterocycles. The van der Waals surface area contributed by atoms with Gasteiger partial charge in [0.05, 0.1) is 16.5 Å². The number of anilines is 1. The molecule has 0 saturated carbocycles. The Bertz CT molecular complexity index is 1290. The van der Waals surface area contributed by atoms with Gasteiger partial charge in [-0.05, 0) is 29.7 Å². The van der Waals surface area contributed by atoms with Gasteiger partial charge in [-0.1, -0.05) is 84.1 Å². The van der Waals surface area contributed by atoms with Crippen molar-refractivity contribution in [2.75, 3.05) is 31.2 Å². The highest BCUT2D eigenvalue weighted by Gasteiger charge is 2.20. The third kappa shape index (κ3) is 7.11. The lowest BCUT2D eigenvalue weighted by Gasteiger charge is -2.26. The molecule has 0 unspecified atom stereocenters. The zero-order valence-electron chi connectivity index (χ0n) is 19.4. The lowest BCUT2D eigenvalue weighted by Crippen LogP contribution is -2.41. The van der Waals surface area contributed by atoms with Crippen LogP contribution in [0.5, 0.6) is 0 Å². The Morgan fingerprint density at radius 3 is 2.11 bits per heavy atom. The second-order valence-electron chi connectivity index (χ2n) is 8.23. The maximum absolute atomic E-state index is 13.2. The van der Waals surface area contributed by atoms with Gasteiger partial charge >= 0.3 is 6.03 Å². The Morgan fingerprint density at radius 1 is 0.914 bits per heavy atom. The molecule has 0 aliphatic carbocycles. The number of nitrogens with zero attached hydrogens (tertiary/aromatic N) is 2. The minimum atomic E-state index is -3.36. The highest BCUT2D eigenvalue weighted by Crippen LogP contribution is 2.29. The molecule has 4 rings (SSSR count). The number of amides is 2. The van der Waals surface area contributed by atoms with Crippen LogP contribution in [0.2, 0.25) is 0 Å². The number of hydrogen-bond donors (Lipinski definition) is 2. The highest BCUT2D eigenvalue weighted by atomic mass is 32.2. The number of carbonyl (C=O) groups is 1. The Labute approximate surface area is 209 Å². The molecular weight excluding hydrogens is 480 g/mol. The van der Waals surface area contributed by atoms with Crippen LogP contribution < -0.4 is 10.0 Å². The fourth-order valence-corrected chi connectivity index (χ4v) is 5.28. The predicted octanol–water partition coefficient (Wildman–Crippen LogP) is 4.90. The van der Waals surface area contributed by atoms with Gasteiger partial charge in [0.2, 0.25) is 10.0 Å². The Kier molecular flexibility index (Phi) is 8.12. The molecule has 1 aromatic heterocycles. The van der Waals surface area contributed by atoms with E-state index in [0.29, 0.717) is 18.1 Å². The minimum absolute atomic E-state index is 0.0954. The van der Waals surface area contributed by atoms with Crippen LogP contribution in [0.1, 0.15) is 23.5 Å². The van der Waals surface area contributed by atoms with Crippen LogP contribution in [0.25, 0.3) is 10.2 Å². The van der Waals surface area contributed by atoms with E-state index in [1.807, 2.05) is 60.7 Å². The number of nitrogens with one attached hydrogen (secondary N) is 2. The SMILES string of the molecule is CS(=O)(=O)NCCN(CCC(c1ccccc1)c1ccccc1)C(=O)Nc1nc2ccccc2s1. The molecule has 4 aromatic rings. The van der Waals surface area contributed by atoms with Crippen molar-refractivity contribution in [1.82, 2.24) is 14.6 Å². The monoisotopic (exact) mass is 508 g/mol. The molecule has 7 nitrogen and oxygen atoms in total. The van der Waals surface area contributed by atoms with Crippen LogP contribution in [-0.4, -0.2) is 50.2 Å². The third-order valence-electron chi connectivity index (χ3n) is 5.63. The summed E-state index contributed by atoms with van der Waals surface area (Å²) in [5, 5.41) is 3.41. The van der Waals surface area contributed by atoms with E-state index in [-0.39, 0.29) is 25.0 Å². The van der Waals surface area contributed by atoms with Gasteiger partial charge in [-0.15, -0.1) is 0 Å². The molecule has 2 amide bonds. The van der Waals surface area contributed by atoms with Gasteiger partial charge in [0.1, 0.15) is 0 Å². The first-order valence-corrected chi connectivity index (χ1v) is 14.1. The van der Waals surface area contributed by atoms with E-state index >= 15 is 0 Å². The smallest absolute Gasteiger partial charge is 0.323 e. The molecule has 0 spiro atoms. The number of sulfonamides is 1. The van der Waals surface area contributed by atoms with Crippen LogP contribution in [0.3, 0.4) is 0 Å². The summed E-state index contributed by atoms with van der Waals surface area (Å²) in [4.78, 5) is 19.4. The van der Waals surface area contributed by atoms with Gasteiger partial charge in [-0.2, -0.15) is 0 Å². The zero-order chi connectivity index (χ0) is 24.7. The number of para-hydroxylation sites is 1. The molecule has 0 fully saturated rings. The average Bonchev–Trinajstić information content (AvgIpc) is 3.26. The molecule has 0 radical (unpaired) electrons. The van der Waals surface area contributed by atoms with Crippen molar-refractivity contribution < 1.29 is 13.2 Å². The quantitative estimate of drug-likeness (QED) is 0.319. The number of urea groups is 1. The molecule has 3 aromatic carbocycles. The fourth-order valence-electron chi connectivity index (χ4n) is 3.96. The lowest BCUT2D eigenvalue weighted by molar-refractivity contribution is 0.211. The first-order chi connectivity index (χ1) is 16.9. The van der Waals surface area contributed by atoms with Crippen LogP contribution in [0.15, 0.2) is 84.9 Å². The number of fused-ring (bicyclic) bond motifs is 1. The number of thiazole rings is 1. The number of benzene rings is 3. The molecule has 1 heterocycles. The van der Waals surface area contributed by atoms with Crippen molar-refractivity contribution in [1.29, 1.82) is 0 Å². The van der Waals surface area contributed by atoms with Crippen LogP contribution in [-0.2, 0) is 10.0 Å². The van der Waals surface area contributed by atoms with E-state index in [4.69, 9.17) is 0 Å². The van der Waals surface area contributed by atoms with E-state index < -0.39 is 10.0 Å². The first-order valence-electron chi connectivity index (χ1n) is 11.3. The number of rotatable bonds is 10. The van der Waals surface area contributed by atoms with Gasteiger partial charge in [0.15, 0.2) is 5.13 Å². The highest BCUT2D eigenvalue weighted by molar-refractivity contribution is 7.88. The second kappa shape index (κ2) is 11.4. The van der Waals surface area contributed by atoms with Crippen LogP contribution in [0.4, 0.5) is 9.93 Å². The molecular formula is C26H28N4O3S2. The second-order valence-corrected chi connectivity index (χ2v) is 11.1. The van der Waals surface area contributed by atoms with E-state index in [9.17, 15) is 13.2 Å². The summed E-state index contributed by atoms with van der Waals surface area (Å²) in [5.41, 5.74) is 3.16. The normalized spacial score (nSPS) is 11.6. The van der Waals surface area contributed by atoms with Gasteiger partial charge < -0.3 is 4.90 Å². The first kappa shape index (κ1) is 24.8. The minimum Gasteiger partial charge on any atom is -0.323 e. The van der Waals surface area contributed by atoms with Gasteiger partial charge in [-0.3, -0.25) is 5.32 Å². The van der Waals surface area contributed by atoms with Crippen molar-refractivity contribution >= 4 is 42.7 Å². The molecule has 182 valence electrons. The maximum Gasteiger partial charge on any atom is 0.323 e. The summed E-state index contributed by atoms with van der Waals surface area (Å²) in [5.74, 6) is 0.0954. The number of aromatic nitrogens is 1. The van der Waals surface area contributed by atoms with E-state index in [0.717, 1.165) is 16.5 Å². The van der Waals surface area contributed by atoms with E-state index in [1.165, 1.54) is 22.5 Å². The van der Waals surface area contributed by atoms with Crippen molar-refractivity contribution in [3.8, 4) is 0 Å². The molecule has 0 aliphatic heterocycles. The largest absolute Gasteiger partial charge is 0.323 e. The molecule has 35 heavy (non-hydrogen) atoms. The third-order valence-corrected chi connectivity index (χ3v) is 7.31. The maximum atomic E-state index is 13.2. The van der Waals surface area contributed by atoms with Gasteiger partial charge in [-0.25, -0.2) is 22.9 Å². The molecule has 0 atom stereocenters. The van der Waals surface area contributed by atoms with Crippen LogP contribution in [0, 0.1) is 0 Å². The summed E-state index contributed by atoms with van der Waals surface area (Å²) < 4.78 is 26.6. The fraction of sp³-hybridized carbons (Fsp3) is 0.231. The summed E-state index contributed by atoms with van der Waals surface area (Å²) in [6.45, 7) is 0.810. The Balaban J connectivity index is 1.52. The van der Waals surface area contributed by atoms with Gasteiger partial charge in [0.25, 0.3) is 0 Å². The zero-order valence-corrected chi connectivity index (χ0v) is 21.1. The van der Waals surface area contributed by atoms with E-state index in [1.54, 1.807) is 4.90 Å². The topological polar surface area (TPSA) is 91.4 Å². The van der Waals surface area contributed by atoms with Crippen molar-refractivity contribution in [3.63, 3.8) is 0 Å². The molecule has 0 bridgehead atoms. The van der Waals surface area contributed by atoms with Crippen molar-refractivity contribution in [3.05, 3.63) is 96.1 Å². The standard InChI is InChI=1S/C26H28N4O3S2/c1-35(32,33)27-17-19-30(26(31)29-25-28-23-14-8-9-15-24(23)34-25)18-16-22(20-10-4-2-5-11-20)21-12-6-3-7-13-21/h2-15,22,27H,16-19H2,1H3,(H,28,29,31). The summed E-state index contributed by atoms with van der Waals surface area (Å²) in [7, 11) is -3.36. The number of hydrogen-bond acceptors (Lipinski definition) is 5. The Hall–Kier alpha value is -3.27. The summed E-state index contributed by atoms with van der Waals surface area (Å²) in [6.07, 6.45) is 1.79. The molecule has 0 aliphatic rings. The lowest BCUT2D eigenvalue weighted by atomic mass is 9.88. The van der Waals surface area contributed by atoms with Crippen molar-refractivity contribution in [2.45, 2.75) is 12.3 Å². The van der Waals surface area contributed by atoms with Gasteiger partial charge in [0, 0.05) is 25.6 Å². The predicted molar refractivity (Wildman–Crippen MR) is 142 cm³/mol. The average molecular weight is 509 g/mol. The number of carbonyl (C=O) groups excluding carboxylic acids is 1. The summed E-state index contributed by atoms with van der Waals surface area (Å²) >= 11 is 1.41. The van der Waals surface area contributed by atoms with E-state index in [2.05, 4.69) is 39.3 Å². The van der Waals surface area contributed by atoms with Crippen molar-refractivity contribution in [2.24, 2.45) is 0 Å². The Morgan fingerprint density at radius 2 is 1.51 bits per heavy atom.